The quantitative estimate of drug-likeness (QED) is 0.878. The highest BCUT2D eigenvalue weighted by Crippen LogP contribution is 2.26. The molecule has 0 radical (unpaired) electrons. The zero-order chi connectivity index (χ0) is 13.8. The number of nitrogens with zero attached hydrogens (tertiary/aromatic N) is 1. The Morgan fingerprint density at radius 2 is 1.74 bits per heavy atom. The molecule has 1 aliphatic heterocycles. The van der Waals surface area contributed by atoms with Gasteiger partial charge in [0.15, 0.2) is 0 Å². The SMILES string of the molecule is CC[C@H](O)c1ccc(N2CCC(C(C)O)CC2)cc1. The van der Waals surface area contributed by atoms with Crippen LogP contribution in [0.5, 0.6) is 0 Å². The summed E-state index contributed by atoms with van der Waals surface area (Å²) in [5.41, 5.74) is 2.21. The van der Waals surface area contributed by atoms with Crippen LogP contribution in [0, 0.1) is 5.92 Å². The molecule has 0 bridgehead atoms. The molecule has 3 nitrogen and oxygen atoms in total. The predicted molar refractivity (Wildman–Crippen MR) is 78.3 cm³/mol. The largest absolute Gasteiger partial charge is 0.393 e. The summed E-state index contributed by atoms with van der Waals surface area (Å²) in [5.74, 6) is 0.442. The summed E-state index contributed by atoms with van der Waals surface area (Å²) in [6, 6.07) is 8.22. The fraction of sp³-hybridized carbons (Fsp3) is 0.625. The summed E-state index contributed by atoms with van der Waals surface area (Å²) in [7, 11) is 0. The van der Waals surface area contributed by atoms with Crippen molar-refractivity contribution in [2.75, 3.05) is 18.0 Å². The molecule has 0 amide bonds. The van der Waals surface area contributed by atoms with Crippen molar-refractivity contribution in [3.05, 3.63) is 29.8 Å². The Hall–Kier alpha value is -1.06. The van der Waals surface area contributed by atoms with Gasteiger partial charge in [-0.25, -0.2) is 0 Å². The third-order valence-corrected chi connectivity index (χ3v) is 4.25. The Morgan fingerprint density at radius 1 is 1.16 bits per heavy atom. The van der Waals surface area contributed by atoms with Crippen molar-refractivity contribution < 1.29 is 10.2 Å². The molecule has 0 spiro atoms. The molecule has 0 aromatic heterocycles. The van der Waals surface area contributed by atoms with E-state index in [9.17, 15) is 10.2 Å². The van der Waals surface area contributed by atoms with Crippen molar-refractivity contribution in [2.45, 2.75) is 45.3 Å². The number of piperidine rings is 1. The van der Waals surface area contributed by atoms with E-state index in [1.807, 2.05) is 26.0 Å². The molecule has 19 heavy (non-hydrogen) atoms. The van der Waals surface area contributed by atoms with E-state index in [0.717, 1.165) is 37.9 Å². The number of aliphatic hydroxyl groups excluding tert-OH is 2. The summed E-state index contributed by atoms with van der Waals surface area (Å²) in [5, 5.41) is 19.4. The molecular weight excluding hydrogens is 238 g/mol. The molecular formula is C16H25NO2. The van der Waals surface area contributed by atoms with Gasteiger partial charge in [0.2, 0.25) is 0 Å². The zero-order valence-electron chi connectivity index (χ0n) is 11.9. The van der Waals surface area contributed by atoms with Crippen LogP contribution in [-0.4, -0.2) is 29.4 Å². The van der Waals surface area contributed by atoms with Gasteiger partial charge >= 0.3 is 0 Å². The minimum atomic E-state index is -0.352. The van der Waals surface area contributed by atoms with Crippen LogP contribution in [0.15, 0.2) is 24.3 Å². The Morgan fingerprint density at radius 3 is 2.21 bits per heavy atom. The van der Waals surface area contributed by atoms with Gasteiger partial charge in [-0.1, -0.05) is 19.1 Å². The molecule has 1 saturated heterocycles. The van der Waals surface area contributed by atoms with Crippen LogP contribution >= 0.6 is 0 Å². The minimum Gasteiger partial charge on any atom is -0.393 e. The molecule has 1 aromatic carbocycles. The Bertz CT molecular complexity index is 380. The molecule has 1 fully saturated rings. The van der Waals surface area contributed by atoms with E-state index in [1.165, 1.54) is 5.69 Å². The maximum atomic E-state index is 9.78. The van der Waals surface area contributed by atoms with Gasteiger partial charge < -0.3 is 15.1 Å². The first-order valence-corrected chi connectivity index (χ1v) is 7.33. The number of aliphatic hydroxyl groups is 2. The van der Waals surface area contributed by atoms with Gasteiger partial charge in [0.05, 0.1) is 12.2 Å². The molecule has 3 heteroatoms. The second-order valence-corrected chi connectivity index (χ2v) is 5.58. The van der Waals surface area contributed by atoms with Crippen LogP contribution in [0.2, 0.25) is 0 Å². The zero-order valence-corrected chi connectivity index (χ0v) is 11.9. The van der Waals surface area contributed by atoms with Crippen LogP contribution in [-0.2, 0) is 0 Å². The first-order chi connectivity index (χ1) is 9.11. The van der Waals surface area contributed by atoms with E-state index in [1.54, 1.807) is 0 Å². The van der Waals surface area contributed by atoms with Gasteiger partial charge in [0.1, 0.15) is 0 Å². The van der Waals surface area contributed by atoms with Gasteiger partial charge in [-0.2, -0.15) is 0 Å². The van der Waals surface area contributed by atoms with Crippen LogP contribution in [0.3, 0.4) is 0 Å². The maximum absolute atomic E-state index is 9.78. The monoisotopic (exact) mass is 263 g/mol. The second-order valence-electron chi connectivity index (χ2n) is 5.58. The molecule has 106 valence electrons. The van der Waals surface area contributed by atoms with E-state index in [2.05, 4.69) is 17.0 Å². The van der Waals surface area contributed by atoms with Crippen molar-refractivity contribution in [3.8, 4) is 0 Å². The Labute approximate surface area is 115 Å². The molecule has 0 aliphatic carbocycles. The molecule has 2 N–H and O–H groups in total. The van der Waals surface area contributed by atoms with Gasteiger partial charge in [-0.3, -0.25) is 0 Å². The lowest BCUT2D eigenvalue weighted by Gasteiger charge is -2.34. The average molecular weight is 263 g/mol. The highest BCUT2D eigenvalue weighted by Gasteiger charge is 2.22. The number of rotatable bonds is 4. The fourth-order valence-electron chi connectivity index (χ4n) is 2.78. The molecule has 1 heterocycles. The number of benzene rings is 1. The molecule has 2 rings (SSSR count). The summed E-state index contributed by atoms with van der Waals surface area (Å²) < 4.78 is 0. The first-order valence-electron chi connectivity index (χ1n) is 7.33. The third kappa shape index (κ3) is 3.48. The predicted octanol–water partition coefficient (Wildman–Crippen LogP) is 2.73. The van der Waals surface area contributed by atoms with E-state index in [0.29, 0.717) is 5.92 Å². The number of anilines is 1. The highest BCUT2D eigenvalue weighted by molar-refractivity contribution is 5.48. The summed E-state index contributed by atoms with van der Waals surface area (Å²) in [6.07, 6.45) is 2.31. The molecule has 1 aromatic rings. The smallest absolute Gasteiger partial charge is 0.0787 e. The maximum Gasteiger partial charge on any atom is 0.0787 e. The van der Waals surface area contributed by atoms with E-state index in [-0.39, 0.29) is 12.2 Å². The lowest BCUT2D eigenvalue weighted by atomic mass is 9.92. The van der Waals surface area contributed by atoms with Crippen molar-refractivity contribution in [2.24, 2.45) is 5.92 Å². The van der Waals surface area contributed by atoms with Crippen LogP contribution < -0.4 is 4.90 Å². The van der Waals surface area contributed by atoms with Crippen LogP contribution in [0.1, 0.15) is 44.8 Å². The Balaban J connectivity index is 1.96. The van der Waals surface area contributed by atoms with Crippen molar-refractivity contribution in [3.63, 3.8) is 0 Å². The topological polar surface area (TPSA) is 43.7 Å². The van der Waals surface area contributed by atoms with Crippen molar-refractivity contribution in [1.82, 2.24) is 0 Å². The summed E-state index contributed by atoms with van der Waals surface area (Å²) >= 11 is 0. The number of hydrogen-bond acceptors (Lipinski definition) is 3. The van der Waals surface area contributed by atoms with E-state index >= 15 is 0 Å². The highest BCUT2D eigenvalue weighted by atomic mass is 16.3. The van der Waals surface area contributed by atoms with Gasteiger partial charge in [-0.05, 0) is 49.8 Å². The standard InChI is InChI=1S/C16H25NO2/c1-3-16(19)14-4-6-15(7-5-14)17-10-8-13(9-11-17)12(2)18/h4-7,12-13,16,18-19H,3,8-11H2,1-2H3/t12?,16-/m0/s1. The Kier molecular flexibility index (Phi) is 4.83. The summed E-state index contributed by atoms with van der Waals surface area (Å²) in [6.45, 7) is 5.89. The van der Waals surface area contributed by atoms with Crippen molar-refractivity contribution >= 4 is 5.69 Å². The lowest BCUT2D eigenvalue weighted by molar-refractivity contribution is 0.110. The van der Waals surface area contributed by atoms with Gasteiger partial charge in [-0.15, -0.1) is 0 Å². The van der Waals surface area contributed by atoms with Gasteiger partial charge in [0, 0.05) is 18.8 Å². The van der Waals surface area contributed by atoms with Crippen LogP contribution in [0.4, 0.5) is 5.69 Å². The third-order valence-electron chi connectivity index (χ3n) is 4.25. The second kappa shape index (κ2) is 6.40. The molecule has 0 saturated carbocycles. The van der Waals surface area contributed by atoms with Crippen molar-refractivity contribution in [1.29, 1.82) is 0 Å². The minimum absolute atomic E-state index is 0.191. The first kappa shape index (κ1) is 14.4. The lowest BCUT2D eigenvalue weighted by Crippen LogP contribution is -2.37. The van der Waals surface area contributed by atoms with E-state index < -0.39 is 0 Å². The van der Waals surface area contributed by atoms with Gasteiger partial charge in [0.25, 0.3) is 0 Å². The number of hydrogen-bond donors (Lipinski definition) is 2. The molecule has 1 aliphatic rings. The van der Waals surface area contributed by atoms with Crippen LogP contribution in [0.25, 0.3) is 0 Å². The molecule has 1 unspecified atom stereocenters. The normalized spacial score (nSPS) is 20.3. The van der Waals surface area contributed by atoms with E-state index in [4.69, 9.17) is 0 Å². The summed E-state index contributed by atoms with van der Waals surface area (Å²) in [4.78, 5) is 2.36. The average Bonchev–Trinajstić information content (AvgIpc) is 2.46. The molecule has 2 atom stereocenters. The fourth-order valence-corrected chi connectivity index (χ4v) is 2.78.